The van der Waals surface area contributed by atoms with E-state index >= 15 is 0 Å². The Hall–Kier alpha value is -0.940. The second kappa shape index (κ2) is 4.97. The lowest BCUT2D eigenvalue weighted by atomic mass is 10.3. The van der Waals surface area contributed by atoms with E-state index < -0.39 is 0 Å². The van der Waals surface area contributed by atoms with E-state index in [0.29, 0.717) is 17.1 Å². The molecule has 18 heavy (non-hydrogen) atoms. The predicted octanol–water partition coefficient (Wildman–Crippen LogP) is 3.14. The number of anilines is 2. The summed E-state index contributed by atoms with van der Waals surface area (Å²) < 4.78 is 1.58. The first-order valence-corrected chi connectivity index (χ1v) is 6.19. The summed E-state index contributed by atoms with van der Waals surface area (Å²) in [5.41, 5.74) is 12.6. The van der Waals surface area contributed by atoms with Crippen LogP contribution in [0.4, 0.5) is 11.4 Å². The summed E-state index contributed by atoms with van der Waals surface area (Å²) in [5.74, 6) is 0. The van der Waals surface area contributed by atoms with Crippen molar-refractivity contribution in [1.82, 2.24) is 4.98 Å². The zero-order valence-corrected chi connectivity index (χ0v) is 11.8. The molecule has 4 nitrogen and oxygen atoms in total. The van der Waals surface area contributed by atoms with Crippen molar-refractivity contribution in [3.8, 4) is 5.69 Å². The Morgan fingerprint density at radius 1 is 0.944 bits per heavy atom. The van der Waals surface area contributed by atoms with Crippen LogP contribution in [0.25, 0.3) is 5.69 Å². The summed E-state index contributed by atoms with van der Waals surface area (Å²) in [6, 6.07) is 1.62. The maximum atomic E-state index is 6.07. The van der Waals surface area contributed by atoms with E-state index in [9.17, 15) is 0 Å². The fourth-order valence-electron chi connectivity index (χ4n) is 1.37. The maximum absolute atomic E-state index is 6.07. The maximum Gasteiger partial charge on any atom is 0.254 e. The summed E-state index contributed by atoms with van der Waals surface area (Å²) in [4.78, 5) is 3.80. The third-order valence-corrected chi connectivity index (χ3v) is 3.72. The third-order valence-electron chi connectivity index (χ3n) is 2.26. The first-order valence-electron chi connectivity index (χ1n) is 4.68. The molecule has 2 rings (SSSR count). The molecule has 0 spiro atoms. The Morgan fingerprint density at radius 2 is 1.50 bits per heavy atom. The lowest BCUT2D eigenvalue weighted by molar-refractivity contribution is -0.594. The van der Waals surface area contributed by atoms with Crippen molar-refractivity contribution in [2.24, 2.45) is 0 Å². The number of nitrogen functional groups attached to an aromatic ring is 2. The second-order valence-electron chi connectivity index (χ2n) is 3.43. The average Bonchev–Trinajstić information content (AvgIpc) is 2.31. The van der Waals surface area contributed by atoms with Gasteiger partial charge in [-0.05, 0) is 0 Å². The number of pyridine rings is 2. The predicted molar refractivity (Wildman–Crippen MR) is 74.6 cm³/mol. The van der Waals surface area contributed by atoms with E-state index in [1.807, 2.05) is 0 Å². The normalized spacial score (nSPS) is 10.7. The van der Waals surface area contributed by atoms with Gasteiger partial charge < -0.3 is 11.5 Å². The molecule has 2 aromatic heterocycles. The van der Waals surface area contributed by atoms with Gasteiger partial charge in [0.05, 0.1) is 5.69 Å². The molecular formula is C10H7Cl4N4+. The van der Waals surface area contributed by atoms with Crippen molar-refractivity contribution in [1.29, 1.82) is 0 Å². The summed E-state index contributed by atoms with van der Waals surface area (Å²) in [6.07, 6.45) is 3.21. The Labute approximate surface area is 123 Å². The van der Waals surface area contributed by atoms with E-state index in [2.05, 4.69) is 4.98 Å². The Bertz CT molecular complexity index is 604. The van der Waals surface area contributed by atoms with Crippen LogP contribution in [0.3, 0.4) is 0 Å². The van der Waals surface area contributed by atoms with Gasteiger partial charge in [0, 0.05) is 6.07 Å². The third kappa shape index (κ3) is 2.29. The molecule has 94 valence electrons. The fourth-order valence-corrected chi connectivity index (χ4v) is 2.27. The molecule has 0 saturated carbocycles. The van der Waals surface area contributed by atoms with E-state index in [0.717, 1.165) is 0 Å². The lowest BCUT2D eigenvalue weighted by Crippen LogP contribution is -2.31. The molecular weight excluding hydrogens is 318 g/mol. The largest absolute Gasteiger partial charge is 0.397 e. The minimum Gasteiger partial charge on any atom is -0.397 e. The Balaban J connectivity index is 2.74. The van der Waals surface area contributed by atoms with Crippen molar-refractivity contribution in [2.45, 2.75) is 0 Å². The molecule has 0 saturated heterocycles. The number of halogens is 4. The van der Waals surface area contributed by atoms with Crippen LogP contribution in [0.15, 0.2) is 18.5 Å². The van der Waals surface area contributed by atoms with Gasteiger partial charge in [-0.3, -0.25) is 0 Å². The SMILES string of the molecule is Nc1cc[n+](-c2c(Cl)c(Cl)nc(Cl)c2Cl)cc1N. The van der Waals surface area contributed by atoms with Crippen molar-refractivity contribution < 1.29 is 4.57 Å². The first-order chi connectivity index (χ1) is 8.41. The monoisotopic (exact) mass is 323 g/mol. The van der Waals surface area contributed by atoms with E-state index in [1.165, 1.54) is 0 Å². The number of aromatic nitrogens is 2. The van der Waals surface area contributed by atoms with Gasteiger partial charge in [0.1, 0.15) is 5.69 Å². The summed E-state index contributed by atoms with van der Waals surface area (Å²) in [7, 11) is 0. The molecule has 0 aromatic carbocycles. The number of hydrogen-bond donors (Lipinski definition) is 2. The average molecular weight is 325 g/mol. The Morgan fingerprint density at radius 3 is 2.00 bits per heavy atom. The molecule has 0 bridgehead atoms. The quantitative estimate of drug-likeness (QED) is 0.625. The zero-order chi connectivity index (χ0) is 13.4. The number of rotatable bonds is 1. The molecule has 0 radical (unpaired) electrons. The highest BCUT2D eigenvalue weighted by atomic mass is 35.5. The molecule has 4 N–H and O–H groups in total. The fraction of sp³-hybridized carbons (Fsp3) is 0. The van der Waals surface area contributed by atoms with Gasteiger partial charge in [-0.15, -0.1) is 0 Å². The molecule has 0 aliphatic heterocycles. The van der Waals surface area contributed by atoms with Crippen molar-refractivity contribution >= 4 is 57.8 Å². The van der Waals surface area contributed by atoms with Crippen LogP contribution in [0.1, 0.15) is 0 Å². The molecule has 0 atom stereocenters. The van der Waals surface area contributed by atoms with Gasteiger partial charge in [-0.1, -0.05) is 46.4 Å². The summed E-state index contributed by atoms with van der Waals surface area (Å²) in [6.45, 7) is 0. The minimum absolute atomic E-state index is 0.0592. The topological polar surface area (TPSA) is 68.8 Å². The highest BCUT2D eigenvalue weighted by Crippen LogP contribution is 2.34. The van der Waals surface area contributed by atoms with E-state index in [-0.39, 0.29) is 20.4 Å². The van der Waals surface area contributed by atoms with Crippen LogP contribution in [-0.4, -0.2) is 4.98 Å². The van der Waals surface area contributed by atoms with Crippen LogP contribution >= 0.6 is 46.4 Å². The summed E-state index contributed by atoms with van der Waals surface area (Å²) >= 11 is 23.8. The number of nitrogens with two attached hydrogens (primary N) is 2. The van der Waals surface area contributed by atoms with Crippen LogP contribution in [0.2, 0.25) is 20.4 Å². The molecule has 0 unspecified atom stereocenters. The van der Waals surface area contributed by atoms with Gasteiger partial charge in [0.25, 0.3) is 5.69 Å². The first kappa shape index (κ1) is 13.5. The minimum atomic E-state index is 0.0592. The van der Waals surface area contributed by atoms with Crippen LogP contribution in [0.5, 0.6) is 0 Å². The highest BCUT2D eigenvalue weighted by Gasteiger charge is 2.24. The summed E-state index contributed by atoms with van der Waals surface area (Å²) in [5, 5.41) is 0.480. The van der Waals surface area contributed by atoms with Gasteiger partial charge >= 0.3 is 0 Å². The van der Waals surface area contributed by atoms with Gasteiger partial charge in [0.15, 0.2) is 32.7 Å². The molecule has 2 heterocycles. The van der Waals surface area contributed by atoms with Gasteiger partial charge in [-0.25, -0.2) is 4.98 Å². The standard InChI is InChI=1S/C10H6Cl4N4/c11-6-8(7(12)10(14)17-9(6)13)18-2-1-4(15)5(16)3-18/h1-3,15H,16H2/p+1. The van der Waals surface area contributed by atoms with Gasteiger partial charge in [0.2, 0.25) is 0 Å². The smallest absolute Gasteiger partial charge is 0.254 e. The zero-order valence-electron chi connectivity index (χ0n) is 8.79. The molecule has 2 aromatic rings. The highest BCUT2D eigenvalue weighted by molar-refractivity contribution is 6.47. The van der Waals surface area contributed by atoms with Crippen molar-refractivity contribution in [2.75, 3.05) is 11.5 Å². The van der Waals surface area contributed by atoms with Crippen molar-refractivity contribution in [3.05, 3.63) is 38.8 Å². The lowest BCUT2D eigenvalue weighted by Gasteiger charge is -2.05. The Kier molecular flexibility index (Phi) is 3.73. The molecule has 0 fully saturated rings. The van der Waals surface area contributed by atoms with Crippen LogP contribution < -0.4 is 16.0 Å². The molecule has 0 aliphatic carbocycles. The van der Waals surface area contributed by atoms with E-state index in [1.54, 1.807) is 23.0 Å². The molecule has 8 heteroatoms. The molecule has 0 aliphatic rings. The van der Waals surface area contributed by atoms with E-state index in [4.69, 9.17) is 57.9 Å². The second-order valence-corrected chi connectivity index (χ2v) is 4.90. The molecule has 0 amide bonds. The number of hydrogen-bond acceptors (Lipinski definition) is 3. The number of nitrogens with zero attached hydrogens (tertiary/aromatic N) is 2. The van der Waals surface area contributed by atoms with Gasteiger partial charge in [-0.2, -0.15) is 4.57 Å². The van der Waals surface area contributed by atoms with Crippen LogP contribution in [-0.2, 0) is 0 Å². The van der Waals surface area contributed by atoms with Crippen molar-refractivity contribution in [3.63, 3.8) is 0 Å². The van der Waals surface area contributed by atoms with Crippen LogP contribution in [0, 0.1) is 0 Å².